The Morgan fingerprint density at radius 1 is 1.20 bits per heavy atom. The van der Waals surface area contributed by atoms with Crippen LogP contribution in [0.15, 0.2) is 42.6 Å². The lowest BCUT2D eigenvalue weighted by molar-refractivity contribution is 0.112. The molecule has 0 amide bonds. The lowest BCUT2D eigenvalue weighted by Gasteiger charge is -2.02. The number of hydrogen-bond acceptors (Lipinski definition) is 2. The molecule has 1 aromatic heterocycles. The molecule has 15 heavy (non-hydrogen) atoms. The number of hydrogen-bond donors (Lipinski definition) is 0. The molecule has 0 bridgehead atoms. The zero-order chi connectivity index (χ0) is 10.7. The summed E-state index contributed by atoms with van der Waals surface area (Å²) in [6.45, 7) is 2.03. The van der Waals surface area contributed by atoms with Crippen molar-refractivity contribution in [2.24, 2.45) is 0 Å². The first-order valence-corrected chi connectivity index (χ1v) is 4.78. The molecule has 0 spiro atoms. The molecule has 0 aliphatic rings. The van der Waals surface area contributed by atoms with Gasteiger partial charge in [0.1, 0.15) is 6.29 Å². The molecule has 2 heteroatoms. The Morgan fingerprint density at radius 2 is 2.07 bits per heavy atom. The monoisotopic (exact) mass is 197 g/mol. The van der Waals surface area contributed by atoms with Gasteiger partial charge < -0.3 is 0 Å². The SMILES string of the molecule is Cc1cccc(-c2cc(C=O)ccn2)c1. The maximum absolute atomic E-state index is 10.6. The van der Waals surface area contributed by atoms with Crippen molar-refractivity contribution in [2.75, 3.05) is 0 Å². The minimum atomic E-state index is 0.654. The number of benzene rings is 1. The van der Waals surface area contributed by atoms with Gasteiger partial charge in [0.25, 0.3) is 0 Å². The van der Waals surface area contributed by atoms with Crippen LogP contribution >= 0.6 is 0 Å². The highest BCUT2D eigenvalue weighted by Crippen LogP contribution is 2.18. The highest BCUT2D eigenvalue weighted by Gasteiger charge is 2.00. The molecule has 2 nitrogen and oxygen atoms in total. The van der Waals surface area contributed by atoms with Crippen LogP contribution in [-0.4, -0.2) is 11.3 Å². The molecule has 0 atom stereocenters. The van der Waals surface area contributed by atoms with Gasteiger partial charge in [-0.1, -0.05) is 23.8 Å². The second kappa shape index (κ2) is 4.05. The molecular weight excluding hydrogens is 186 g/mol. The van der Waals surface area contributed by atoms with E-state index in [1.54, 1.807) is 18.3 Å². The molecule has 2 rings (SSSR count). The van der Waals surface area contributed by atoms with Crippen LogP contribution in [0, 0.1) is 6.92 Å². The molecule has 74 valence electrons. The summed E-state index contributed by atoms with van der Waals surface area (Å²) >= 11 is 0. The molecule has 0 radical (unpaired) electrons. The van der Waals surface area contributed by atoms with E-state index in [9.17, 15) is 4.79 Å². The Balaban J connectivity index is 2.49. The lowest BCUT2D eigenvalue weighted by Crippen LogP contribution is -1.87. The average Bonchev–Trinajstić information content (AvgIpc) is 2.29. The third kappa shape index (κ3) is 2.10. The van der Waals surface area contributed by atoms with Gasteiger partial charge in [-0.2, -0.15) is 0 Å². The maximum Gasteiger partial charge on any atom is 0.150 e. The fourth-order valence-corrected chi connectivity index (χ4v) is 1.48. The van der Waals surface area contributed by atoms with Crippen molar-refractivity contribution < 1.29 is 4.79 Å². The van der Waals surface area contributed by atoms with E-state index in [4.69, 9.17) is 0 Å². The third-order valence-electron chi connectivity index (χ3n) is 2.23. The minimum Gasteiger partial charge on any atom is -0.298 e. The van der Waals surface area contributed by atoms with E-state index in [0.717, 1.165) is 17.5 Å². The summed E-state index contributed by atoms with van der Waals surface area (Å²) in [5.41, 5.74) is 3.72. The van der Waals surface area contributed by atoms with Crippen molar-refractivity contribution in [3.05, 3.63) is 53.7 Å². The molecule has 1 aromatic carbocycles. The van der Waals surface area contributed by atoms with Gasteiger partial charge >= 0.3 is 0 Å². The largest absolute Gasteiger partial charge is 0.298 e. The van der Waals surface area contributed by atoms with E-state index >= 15 is 0 Å². The van der Waals surface area contributed by atoms with Gasteiger partial charge in [-0.15, -0.1) is 0 Å². The van der Waals surface area contributed by atoms with Gasteiger partial charge in [0, 0.05) is 17.3 Å². The summed E-state index contributed by atoms with van der Waals surface area (Å²) in [6.07, 6.45) is 2.49. The molecular formula is C13H11NO. The van der Waals surface area contributed by atoms with Crippen LogP contribution < -0.4 is 0 Å². The van der Waals surface area contributed by atoms with Crippen molar-refractivity contribution in [1.82, 2.24) is 4.98 Å². The van der Waals surface area contributed by atoms with Gasteiger partial charge in [0.15, 0.2) is 0 Å². The number of carbonyl (C=O) groups excluding carboxylic acids is 1. The van der Waals surface area contributed by atoms with Crippen LogP contribution in [-0.2, 0) is 0 Å². The maximum atomic E-state index is 10.6. The molecule has 0 saturated carbocycles. The first-order valence-electron chi connectivity index (χ1n) is 4.78. The minimum absolute atomic E-state index is 0.654. The molecule has 0 aliphatic carbocycles. The fraction of sp³-hybridized carbons (Fsp3) is 0.0769. The van der Waals surface area contributed by atoms with E-state index in [2.05, 4.69) is 11.1 Å². The van der Waals surface area contributed by atoms with Crippen LogP contribution in [0.5, 0.6) is 0 Å². The van der Waals surface area contributed by atoms with E-state index in [1.807, 2.05) is 25.1 Å². The smallest absolute Gasteiger partial charge is 0.150 e. The van der Waals surface area contributed by atoms with Gasteiger partial charge in [0.2, 0.25) is 0 Å². The number of pyridine rings is 1. The highest BCUT2D eigenvalue weighted by atomic mass is 16.1. The van der Waals surface area contributed by atoms with E-state index < -0.39 is 0 Å². The van der Waals surface area contributed by atoms with Crippen LogP contribution in [0.3, 0.4) is 0 Å². The van der Waals surface area contributed by atoms with Gasteiger partial charge in [-0.3, -0.25) is 9.78 Å². The zero-order valence-electron chi connectivity index (χ0n) is 8.47. The molecule has 0 N–H and O–H groups in total. The number of carbonyl (C=O) groups is 1. The lowest BCUT2D eigenvalue weighted by atomic mass is 10.1. The van der Waals surface area contributed by atoms with E-state index in [-0.39, 0.29) is 0 Å². The fourth-order valence-electron chi connectivity index (χ4n) is 1.48. The second-order valence-electron chi connectivity index (χ2n) is 3.46. The van der Waals surface area contributed by atoms with Gasteiger partial charge in [-0.05, 0) is 25.1 Å². The molecule has 1 heterocycles. The number of aryl methyl sites for hydroxylation is 1. The summed E-state index contributed by atoms with van der Waals surface area (Å²) < 4.78 is 0. The van der Waals surface area contributed by atoms with E-state index in [1.165, 1.54) is 5.56 Å². The molecule has 0 fully saturated rings. The predicted octanol–water partition coefficient (Wildman–Crippen LogP) is 2.87. The number of nitrogens with zero attached hydrogens (tertiary/aromatic N) is 1. The van der Waals surface area contributed by atoms with Crippen LogP contribution in [0.1, 0.15) is 15.9 Å². The number of rotatable bonds is 2. The van der Waals surface area contributed by atoms with Crippen LogP contribution in [0.4, 0.5) is 0 Å². The molecule has 2 aromatic rings. The standard InChI is InChI=1S/C13H11NO/c1-10-3-2-4-12(7-10)13-8-11(9-15)5-6-14-13/h2-9H,1H3. The molecule has 0 saturated heterocycles. The summed E-state index contributed by atoms with van der Waals surface area (Å²) in [7, 11) is 0. The Morgan fingerprint density at radius 3 is 2.80 bits per heavy atom. The van der Waals surface area contributed by atoms with Crippen LogP contribution in [0.2, 0.25) is 0 Å². The quantitative estimate of drug-likeness (QED) is 0.693. The van der Waals surface area contributed by atoms with Gasteiger partial charge in [0.05, 0.1) is 5.69 Å². The Kier molecular flexibility index (Phi) is 2.59. The van der Waals surface area contributed by atoms with E-state index in [0.29, 0.717) is 5.56 Å². The summed E-state index contributed by atoms with van der Waals surface area (Å²) in [6, 6.07) is 11.6. The van der Waals surface area contributed by atoms with Crippen molar-refractivity contribution in [1.29, 1.82) is 0 Å². The van der Waals surface area contributed by atoms with Gasteiger partial charge in [-0.25, -0.2) is 0 Å². The Hall–Kier alpha value is -1.96. The van der Waals surface area contributed by atoms with Crippen LogP contribution in [0.25, 0.3) is 11.3 Å². The predicted molar refractivity (Wildman–Crippen MR) is 59.8 cm³/mol. The van der Waals surface area contributed by atoms with Crippen molar-refractivity contribution in [3.8, 4) is 11.3 Å². The van der Waals surface area contributed by atoms with Crippen molar-refractivity contribution in [2.45, 2.75) is 6.92 Å². The van der Waals surface area contributed by atoms with Crippen molar-refractivity contribution in [3.63, 3.8) is 0 Å². The second-order valence-corrected chi connectivity index (χ2v) is 3.46. The first-order chi connectivity index (χ1) is 7.29. The molecule has 0 aliphatic heterocycles. The average molecular weight is 197 g/mol. The summed E-state index contributed by atoms with van der Waals surface area (Å²) in [5.74, 6) is 0. The Bertz CT molecular complexity index is 491. The zero-order valence-corrected chi connectivity index (χ0v) is 8.47. The normalized spacial score (nSPS) is 9.93. The number of aldehydes is 1. The Labute approximate surface area is 88.6 Å². The van der Waals surface area contributed by atoms with Crippen molar-refractivity contribution >= 4 is 6.29 Å². The molecule has 0 unspecified atom stereocenters. The third-order valence-corrected chi connectivity index (χ3v) is 2.23. The topological polar surface area (TPSA) is 30.0 Å². The first kappa shape index (κ1) is 9.59. The number of aromatic nitrogens is 1. The summed E-state index contributed by atoms with van der Waals surface area (Å²) in [4.78, 5) is 14.9. The highest BCUT2D eigenvalue weighted by molar-refractivity contribution is 5.77. The summed E-state index contributed by atoms with van der Waals surface area (Å²) in [5, 5.41) is 0.